The van der Waals surface area contributed by atoms with Crippen molar-refractivity contribution in [2.45, 2.75) is 25.9 Å². The molecule has 2 rings (SSSR count). The Morgan fingerprint density at radius 1 is 1.80 bits per heavy atom. The van der Waals surface area contributed by atoms with E-state index in [2.05, 4.69) is 9.69 Å². The average molecular weight is 226 g/mol. The van der Waals surface area contributed by atoms with E-state index in [1.165, 1.54) is 11.5 Å². The van der Waals surface area contributed by atoms with E-state index in [1.54, 1.807) is 6.07 Å². The highest BCUT2D eigenvalue weighted by atomic mass is 32.1. The summed E-state index contributed by atoms with van der Waals surface area (Å²) in [5.74, 6) is -0.102. The number of carbonyl (C=O) groups excluding carboxylic acids is 1. The highest BCUT2D eigenvalue weighted by molar-refractivity contribution is 7.05. The van der Waals surface area contributed by atoms with Gasteiger partial charge in [-0.15, -0.1) is 0 Å². The minimum atomic E-state index is -0.102. The average Bonchev–Trinajstić information content (AvgIpc) is 2.84. The summed E-state index contributed by atoms with van der Waals surface area (Å²) in [6.45, 7) is 3.35. The molecule has 1 aromatic heterocycles. The highest BCUT2D eigenvalue weighted by Gasteiger charge is 2.17. The van der Waals surface area contributed by atoms with E-state index in [4.69, 9.17) is 4.74 Å². The molecular formula is C10H14N2O2S. The van der Waals surface area contributed by atoms with Gasteiger partial charge in [-0.25, -0.2) is 0 Å². The monoisotopic (exact) mass is 226 g/mol. The van der Waals surface area contributed by atoms with Gasteiger partial charge in [0.2, 0.25) is 0 Å². The topological polar surface area (TPSA) is 51.2 Å². The van der Waals surface area contributed by atoms with E-state index in [0.29, 0.717) is 12.2 Å². The SMILES string of the molecule is Cc1cc(C(=O)NC[C@H]2CCCO2)ns1. The van der Waals surface area contributed by atoms with Crippen molar-refractivity contribution in [2.75, 3.05) is 13.2 Å². The Bertz CT molecular complexity index is 345. The minimum absolute atomic E-state index is 0.102. The third-order valence-electron chi connectivity index (χ3n) is 2.37. The number of hydrogen-bond donors (Lipinski definition) is 1. The van der Waals surface area contributed by atoms with Crippen molar-refractivity contribution in [3.05, 3.63) is 16.6 Å². The van der Waals surface area contributed by atoms with Crippen molar-refractivity contribution < 1.29 is 9.53 Å². The fraction of sp³-hybridized carbons (Fsp3) is 0.600. The number of aryl methyl sites for hydroxylation is 1. The molecule has 1 atom stereocenters. The molecule has 0 bridgehead atoms. The number of rotatable bonds is 3. The lowest BCUT2D eigenvalue weighted by atomic mass is 10.2. The first-order valence-corrected chi connectivity index (χ1v) is 5.86. The molecule has 1 fully saturated rings. The summed E-state index contributed by atoms with van der Waals surface area (Å²) < 4.78 is 9.46. The van der Waals surface area contributed by atoms with Crippen molar-refractivity contribution in [1.82, 2.24) is 9.69 Å². The van der Waals surface area contributed by atoms with Gasteiger partial charge >= 0.3 is 0 Å². The molecule has 0 spiro atoms. The van der Waals surface area contributed by atoms with Crippen LogP contribution in [0.2, 0.25) is 0 Å². The molecule has 15 heavy (non-hydrogen) atoms. The van der Waals surface area contributed by atoms with Gasteiger partial charge in [-0.05, 0) is 37.4 Å². The third-order valence-corrected chi connectivity index (χ3v) is 3.07. The first-order valence-electron chi connectivity index (χ1n) is 5.09. The fourth-order valence-corrected chi connectivity index (χ4v) is 2.12. The molecule has 0 unspecified atom stereocenters. The summed E-state index contributed by atoms with van der Waals surface area (Å²) in [5, 5.41) is 2.83. The maximum absolute atomic E-state index is 11.6. The molecule has 4 nitrogen and oxygen atoms in total. The van der Waals surface area contributed by atoms with Crippen LogP contribution in [0.3, 0.4) is 0 Å². The van der Waals surface area contributed by atoms with Crippen LogP contribution in [0.1, 0.15) is 28.2 Å². The van der Waals surface area contributed by atoms with Crippen molar-refractivity contribution in [1.29, 1.82) is 0 Å². The first-order chi connectivity index (χ1) is 7.25. The van der Waals surface area contributed by atoms with Crippen LogP contribution < -0.4 is 5.32 Å². The highest BCUT2D eigenvalue weighted by Crippen LogP contribution is 2.11. The number of aromatic nitrogens is 1. The van der Waals surface area contributed by atoms with Gasteiger partial charge in [0.1, 0.15) is 5.69 Å². The van der Waals surface area contributed by atoms with Gasteiger partial charge in [-0.3, -0.25) is 4.79 Å². The molecule has 82 valence electrons. The Kier molecular flexibility index (Phi) is 3.33. The molecule has 5 heteroatoms. The van der Waals surface area contributed by atoms with Crippen LogP contribution in [0.25, 0.3) is 0 Å². The summed E-state index contributed by atoms with van der Waals surface area (Å²) in [6, 6.07) is 1.80. The fourth-order valence-electron chi connectivity index (χ4n) is 1.58. The smallest absolute Gasteiger partial charge is 0.271 e. The Balaban J connectivity index is 1.81. The lowest BCUT2D eigenvalue weighted by Crippen LogP contribution is -2.31. The van der Waals surface area contributed by atoms with Gasteiger partial charge in [0.25, 0.3) is 5.91 Å². The van der Waals surface area contributed by atoms with Crippen LogP contribution in [0.4, 0.5) is 0 Å². The summed E-state index contributed by atoms with van der Waals surface area (Å²) in [4.78, 5) is 12.6. The van der Waals surface area contributed by atoms with E-state index in [1.807, 2.05) is 6.92 Å². The van der Waals surface area contributed by atoms with E-state index in [0.717, 1.165) is 24.3 Å². The first kappa shape index (κ1) is 10.6. The van der Waals surface area contributed by atoms with Crippen molar-refractivity contribution >= 4 is 17.4 Å². The van der Waals surface area contributed by atoms with Gasteiger partial charge in [0, 0.05) is 18.0 Å². The quantitative estimate of drug-likeness (QED) is 0.846. The van der Waals surface area contributed by atoms with E-state index in [9.17, 15) is 4.79 Å². The Hall–Kier alpha value is -0.940. The summed E-state index contributed by atoms with van der Waals surface area (Å²) >= 11 is 1.35. The largest absolute Gasteiger partial charge is 0.376 e. The van der Waals surface area contributed by atoms with Crippen molar-refractivity contribution in [3.8, 4) is 0 Å². The molecule has 0 aliphatic carbocycles. The normalized spacial score (nSPS) is 20.5. The second kappa shape index (κ2) is 4.72. The molecule has 0 saturated carbocycles. The summed E-state index contributed by atoms with van der Waals surface area (Å²) in [6.07, 6.45) is 2.32. The zero-order chi connectivity index (χ0) is 10.7. The van der Waals surface area contributed by atoms with Crippen LogP contribution in [0.15, 0.2) is 6.07 Å². The number of carbonyl (C=O) groups is 1. The van der Waals surface area contributed by atoms with Crippen LogP contribution in [-0.2, 0) is 4.74 Å². The Morgan fingerprint density at radius 2 is 2.67 bits per heavy atom. The zero-order valence-electron chi connectivity index (χ0n) is 8.66. The second-order valence-electron chi connectivity index (χ2n) is 3.67. The van der Waals surface area contributed by atoms with Crippen LogP contribution >= 0.6 is 11.5 Å². The minimum Gasteiger partial charge on any atom is -0.376 e. The number of amides is 1. The van der Waals surface area contributed by atoms with Crippen LogP contribution in [0, 0.1) is 6.92 Å². The Morgan fingerprint density at radius 3 is 3.27 bits per heavy atom. The molecule has 2 heterocycles. The van der Waals surface area contributed by atoms with Crippen molar-refractivity contribution in [3.63, 3.8) is 0 Å². The molecule has 1 aliphatic rings. The Labute approximate surface area is 92.8 Å². The molecule has 1 aromatic rings. The molecule has 1 aliphatic heterocycles. The number of ether oxygens (including phenoxy) is 1. The maximum atomic E-state index is 11.6. The molecule has 1 saturated heterocycles. The van der Waals surface area contributed by atoms with Gasteiger partial charge in [0.05, 0.1) is 6.10 Å². The van der Waals surface area contributed by atoms with Gasteiger partial charge in [0.15, 0.2) is 0 Å². The van der Waals surface area contributed by atoms with Crippen molar-refractivity contribution in [2.24, 2.45) is 0 Å². The standard InChI is InChI=1S/C10H14N2O2S/c1-7-5-9(12-15-7)10(13)11-6-8-3-2-4-14-8/h5,8H,2-4,6H2,1H3,(H,11,13)/t8-/m1/s1. The van der Waals surface area contributed by atoms with E-state index >= 15 is 0 Å². The van der Waals surface area contributed by atoms with Gasteiger partial charge < -0.3 is 10.1 Å². The number of nitrogens with zero attached hydrogens (tertiary/aromatic N) is 1. The van der Waals surface area contributed by atoms with Crippen LogP contribution in [0.5, 0.6) is 0 Å². The zero-order valence-corrected chi connectivity index (χ0v) is 9.47. The van der Waals surface area contributed by atoms with E-state index < -0.39 is 0 Å². The molecule has 0 aromatic carbocycles. The summed E-state index contributed by atoms with van der Waals surface area (Å²) in [7, 11) is 0. The predicted octanol–water partition coefficient (Wildman–Crippen LogP) is 1.36. The van der Waals surface area contributed by atoms with Crippen LogP contribution in [-0.4, -0.2) is 29.5 Å². The number of hydrogen-bond acceptors (Lipinski definition) is 4. The molecule has 1 amide bonds. The lowest BCUT2D eigenvalue weighted by molar-refractivity contribution is 0.0854. The molecule has 0 radical (unpaired) electrons. The predicted molar refractivity (Wildman–Crippen MR) is 58.2 cm³/mol. The van der Waals surface area contributed by atoms with Gasteiger partial charge in [-0.2, -0.15) is 4.37 Å². The molecule has 1 N–H and O–H groups in total. The second-order valence-corrected chi connectivity index (χ2v) is 4.68. The van der Waals surface area contributed by atoms with E-state index in [-0.39, 0.29) is 12.0 Å². The summed E-state index contributed by atoms with van der Waals surface area (Å²) in [5.41, 5.74) is 0.510. The third kappa shape index (κ3) is 2.76. The number of nitrogens with one attached hydrogen (secondary N) is 1. The maximum Gasteiger partial charge on any atom is 0.271 e. The van der Waals surface area contributed by atoms with Gasteiger partial charge in [-0.1, -0.05) is 0 Å². The lowest BCUT2D eigenvalue weighted by Gasteiger charge is -2.09. The molecular weight excluding hydrogens is 212 g/mol.